The molecule has 0 aliphatic rings. The Labute approximate surface area is 168 Å². The fraction of sp³-hybridized carbons (Fsp3) is 0.0417. The van der Waals surface area contributed by atoms with Crippen molar-refractivity contribution in [3.8, 4) is 5.75 Å². The summed E-state index contributed by atoms with van der Waals surface area (Å²) in [6.07, 6.45) is 3.17. The van der Waals surface area contributed by atoms with Gasteiger partial charge in [0.2, 0.25) is 0 Å². The van der Waals surface area contributed by atoms with Crippen LogP contribution in [-0.4, -0.2) is 17.1 Å². The number of rotatable bonds is 6. The van der Waals surface area contributed by atoms with E-state index < -0.39 is 0 Å². The van der Waals surface area contributed by atoms with Crippen molar-refractivity contribution >= 4 is 22.9 Å². The summed E-state index contributed by atoms with van der Waals surface area (Å²) in [5.74, 6) is 0.536. The first-order valence-electron chi connectivity index (χ1n) is 9.23. The van der Waals surface area contributed by atoms with Crippen LogP contribution in [0.25, 0.3) is 10.8 Å². The normalized spacial score (nSPS) is 10.9. The van der Waals surface area contributed by atoms with E-state index in [1.807, 2.05) is 54.6 Å². The summed E-state index contributed by atoms with van der Waals surface area (Å²) in [6.45, 7) is 0.429. The second kappa shape index (κ2) is 8.80. The number of pyridine rings is 1. The second-order valence-corrected chi connectivity index (χ2v) is 6.45. The van der Waals surface area contributed by atoms with Gasteiger partial charge in [0.15, 0.2) is 0 Å². The average molecular weight is 381 g/mol. The van der Waals surface area contributed by atoms with Gasteiger partial charge in [-0.05, 0) is 52.7 Å². The third-order valence-electron chi connectivity index (χ3n) is 4.39. The largest absolute Gasteiger partial charge is 0.489 e. The lowest BCUT2D eigenvalue weighted by Gasteiger charge is -2.08. The number of ether oxygens (including phenoxy) is 1. The molecule has 0 spiro atoms. The summed E-state index contributed by atoms with van der Waals surface area (Å²) >= 11 is 0. The molecule has 0 aliphatic carbocycles. The Morgan fingerprint density at radius 3 is 2.52 bits per heavy atom. The maximum atomic E-state index is 12.2. The zero-order valence-corrected chi connectivity index (χ0v) is 15.7. The highest BCUT2D eigenvalue weighted by Crippen LogP contribution is 2.21. The minimum Gasteiger partial charge on any atom is -0.489 e. The van der Waals surface area contributed by atoms with E-state index in [-0.39, 0.29) is 5.91 Å². The van der Waals surface area contributed by atoms with Crippen molar-refractivity contribution in [1.29, 1.82) is 0 Å². The zero-order valence-electron chi connectivity index (χ0n) is 15.7. The summed E-state index contributed by atoms with van der Waals surface area (Å²) in [7, 11) is 0. The summed E-state index contributed by atoms with van der Waals surface area (Å²) in [5, 5.41) is 6.25. The molecule has 1 amide bonds. The van der Waals surface area contributed by atoms with E-state index in [1.54, 1.807) is 24.4 Å². The Hall–Kier alpha value is -3.99. The predicted octanol–water partition coefficient (Wildman–Crippen LogP) is 4.58. The number of hydrogen-bond acceptors (Lipinski definition) is 4. The molecule has 4 rings (SSSR count). The maximum Gasteiger partial charge on any atom is 0.271 e. The fourth-order valence-electron chi connectivity index (χ4n) is 2.85. The molecule has 142 valence electrons. The van der Waals surface area contributed by atoms with Gasteiger partial charge in [0.05, 0.1) is 11.9 Å². The summed E-state index contributed by atoms with van der Waals surface area (Å²) in [5.41, 5.74) is 4.68. The highest BCUT2D eigenvalue weighted by atomic mass is 16.5. The quantitative estimate of drug-likeness (QED) is 0.393. The summed E-state index contributed by atoms with van der Waals surface area (Å²) < 4.78 is 5.88. The minimum atomic E-state index is -0.279. The molecule has 5 nitrogen and oxygen atoms in total. The van der Waals surface area contributed by atoms with Crippen molar-refractivity contribution in [2.45, 2.75) is 6.61 Å². The van der Waals surface area contributed by atoms with Gasteiger partial charge in [-0.3, -0.25) is 9.78 Å². The molecule has 1 aromatic heterocycles. The molecule has 0 aliphatic heterocycles. The van der Waals surface area contributed by atoms with Gasteiger partial charge in [-0.1, -0.05) is 48.5 Å². The van der Waals surface area contributed by atoms with Crippen molar-refractivity contribution in [2.75, 3.05) is 0 Å². The van der Waals surface area contributed by atoms with E-state index in [9.17, 15) is 4.79 Å². The SMILES string of the molecule is O=C(N/N=C/c1ccccn1)c1ccc(COc2ccc3ccccc3c2)cc1. The van der Waals surface area contributed by atoms with Crippen molar-refractivity contribution in [3.63, 3.8) is 0 Å². The van der Waals surface area contributed by atoms with Gasteiger partial charge in [0.1, 0.15) is 12.4 Å². The number of carbonyl (C=O) groups excluding carboxylic acids is 1. The van der Waals surface area contributed by atoms with Gasteiger partial charge >= 0.3 is 0 Å². The molecule has 0 unspecified atom stereocenters. The van der Waals surface area contributed by atoms with Crippen LogP contribution in [0.4, 0.5) is 0 Å². The molecule has 5 heteroatoms. The predicted molar refractivity (Wildman–Crippen MR) is 114 cm³/mol. The van der Waals surface area contributed by atoms with E-state index >= 15 is 0 Å². The Morgan fingerprint density at radius 2 is 1.72 bits per heavy atom. The van der Waals surface area contributed by atoms with Crippen molar-refractivity contribution in [2.24, 2.45) is 5.10 Å². The van der Waals surface area contributed by atoms with E-state index in [4.69, 9.17) is 4.74 Å². The van der Waals surface area contributed by atoms with Gasteiger partial charge in [0.25, 0.3) is 5.91 Å². The van der Waals surface area contributed by atoms with E-state index in [2.05, 4.69) is 27.6 Å². The number of nitrogens with zero attached hydrogens (tertiary/aromatic N) is 2. The first-order chi connectivity index (χ1) is 14.3. The molecular formula is C24H19N3O2. The van der Waals surface area contributed by atoms with Crippen LogP contribution >= 0.6 is 0 Å². The van der Waals surface area contributed by atoms with Gasteiger partial charge < -0.3 is 4.74 Å². The molecule has 0 bridgehead atoms. The van der Waals surface area contributed by atoms with E-state index in [1.165, 1.54) is 11.6 Å². The zero-order chi connectivity index (χ0) is 19.9. The van der Waals surface area contributed by atoms with Crippen LogP contribution in [0.3, 0.4) is 0 Å². The third-order valence-corrected chi connectivity index (χ3v) is 4.39. The molecule has 0 saturated carbocycles. The molecule has 1 N–H and O–H groups in total. The van der Waals surface area contributed by atoms with Gasteiger partial charge in [-0.25, -0.2) is 5.43 Å². The molecule has 0 radical (unpaired) electrons. The molecule has 0 saturated heterocycles. The van der Waals surface area contributed by atoms with Crippen molar-refractivity contribution < 1.29 is 9.53 Å². The summed E-state index contributed by atoms with van der Waals surface area (Å²) in [6, 6.07) is 26.9. The topological polar surface area (TPSA) is 63.6 Å². The number of aromatic nitrogens is 1. The first-order valence-corrected chi connectivity index (χ1v) is 9.23. The minimum absolute atomic E-state index is 0.279. The highest BCUT2D eigenvalue weighted by molar-refractivity contribution is 5.94. The lowest BCUT2D eigenvalue weighted by Crippen LogP contribution is -2.17. The van der Waals surface area contributed by atoms with Crippen LogP contribution in [0.2, 0.25) is 0 Å². The van der Waals surface area contributed by atoms with Crippen molar-refractivity contribution in [3.05, 3.63) is 108 Å². The number of hydrogen-bond donors (Lipinski definition) is 1. The molecule has 0 atom stereocenters. The molecular weight excluding hydrogens is 362 g/mol. The number of benzene rings is 3. The monoisotopic (exact) mass is 381 g/mol. The Balaban J connectivity index is 1.33. The van der Waals surface area contributed by atoms with Crippen LogP contribution in [0.15, 0.2) is 96.2 Å². The maximum absolute atomic E-state index is 12.2. The molecule has 1 heterocycles. The number of nitrogens with one attached hydrogen (secondary N) is 1. The van der Waals surface area contributed by atoms with Crippen LogP contribution in [-0.2, 0) is 6.61 Å². The Bertz CT molecular complexity index is 1140. The molecule has 29 heavy (non-hydrogen) atoms. The Kier molecular flexibility index (Phi) is 5.58. The van der Waals surface area contributed by atoms with Gasteiger partial charge in [0, 0.05) is 11.8 Å². The number of fused-ring (bicyclic) bond motifs is 1. The first kappa shape index (κ1) is 18.4. The van der Waals surface area contributed by atoms with E-state index in [0.29, 0.717) is 17.9 Å². The van der Waals surface area contributed by atoms with E-state index in [0.717, 1.165) is 16.7 Å². The molecule has 0 fully saturated rings. The van der Waals surface area contributed by atoms with Crippen LogP contribution in [0.1, 0.15) is 21.6 Å². The van der Waals surface area contributed by atoms with Crippen LogP contribution in [0, 0.1) is 0 Å². The number of hydrazone groups is 1. The molecule has 3 aromatic carbocycles. The van der Waals surface area contributed by atoms with Gasteiger partial charge in [-0.2, -0.15) is 5.10 Å². The molecule has 4 aromatic rings. The lowest BCUT2D eigenvalue weighted by molar-refractivity contribution is 0.0955. The van der Waals surface area contributed by atoms with Crippen LogP contribution in [0.5, 0.6) is 5.75 Å². The number of carbonyl (C=O) groups is 1. The van der Waals surface area contributed by atoms with Crippen LogP contribution < -0.4 is 10.2 Å². The summed E-state index contributed by atoms with van der Waals surface area (Å²) in [4.78, 5) is 16.3. The third kappa shape index (κ3) is 4.84. The fourth-order valence-corrected chi connectivity index (χ4v) is 2.85. The number of amides is 1. The lowest BCUT2D eigenvalue weighted by atomic mass is 10.1. The standard InChI is InChI=1S/C24H19N3O2/c28-24(27-26-16-22-7-3-4-14-25-22)20-10-8-18(9-11-20)17-29-23-13-12-19-5-1-2-6-21(19)15-23/h1-16H,17H2,(H,27,28)/b26-16+. The second-order valence-electron chi connectivity index (χ2n) is 6.45. The van der Waals surface area contributed by atoms with Gasteiger partial charge in [-0.15, -0.1) is 0 Å². The average Bonchev–Trinajstić information content (AvgIpc) is 2.78. The highest BCUT2D eigenvalue weighted by Gasteiger charge is 2.05. The Morgan fingerprint density at radius 1 is 0.931 bits per heavy atom. The van der Waals surface area contributed by atoms with Crippen molar-refractivity contribution in [1.82, 2.24) is 10.4 Å². The smallest absolute Gasteiger partial charge is 0.271 e.